The smallest absolute Gasteiger partial charge is 0.326 e. The van der Waals surface area contributed by atoms with E-state index in [9.17, 15) is 24.7 Å². The quantitative estimate of drug-likeness (QED) is 0.410. The predicted octanol–water partition coefficient (Wildman–Crippen LogP) is 0.716. The minimum absolute atomic E-state index is 0.0678. The number of likely N-dealkylation sites (tertiary alicyclic amines) is 1. The van der Waals surface area contributed by atoms with Gasteiger partial charge in [0.2, 0.25) is 12.3 Å². The van der Waals surface area contributed by atoms with Crippen molar-refractivity contribution in [1.29, 1.82) is 0 Å². The summed E-state index contributed by atoms with van der Waals surface area (Å²) in [5.74, 6) is -1.33. The van der Waals surface area contributed by atoms with Gasteiger partial charge in [0.1, 0.15) is 6.04 Å². The van der Waals surface area contributed by atoms with Gasteiger partial charge in [0.15, 0.2) is 0 Å². The van der Waals surface area contributed by atoms with Gasteiger partial charge in [0, 0.05) is 6.54 Å². The summed E-state index contributed by atoms with van der Waals surface area (Å²) >= 11 is 0. The molecule has 0 bridgehead atoms. The Labute approximate surface area is 123 Å². The second-order valence-corrected chi connectivity index (χ2v) is 5.98. The molecule has 0 aromatic rings. The number of carboxylic acid groups (broad SMARTS) is 1. The van der Waals surface area contributed by atoms with Gasteiger partial charge in [0.05, 0.1) is 12.5 Å². The van der Waals surface area contributed by atoms with E-state index in [2.05, 4.69) is 0 Å². The lowest BCUT2D eigenvalue weighted by molar-refractivity contribution is -0.160. The molecule has 0 spiro atoms. The van der Waals surface area contributed by atoms with E-state index in [0.717, 1.165) is 19.3 Å². The van der Waals surface area contributed by atoms with Gasteiger partial charge in [-0.15, -0.1) is 0 Å². The lowest BCUT2D eigenvalue weighted by atomic mass is 9.78. The highest BCUT2D eigenvalue weighted by atomic mass is 16.5. The van der Waals surface area contributed by atoms with E-state index >= 15 is 0 Å². The van der Waals surface area contributed by atoms with E-state index in [0.29, 0.717) is 36.8 Å². The van der Waals surface area contributed by atoms with Crippen LogP contribution in [-0.4, -0.2) is 57.7 Å². The van der Waals surface area contributed by atoms with Crippen molar-refractivity contribution < 1.29 is 24.7 Å². The lowest BCUT2D eigenvalue weighted by Crippen LogP contribution is -2.46. The number of carbonyl (C=O) groups excluding carboxylic acids is 2. The number of aliphatic carboxylic acids is 1. The molecule has 0 aromatic carbocycles. The molecule has 7 heteroatoms. The van der Waals surface area contributed by atoms with Crippen molar-refractivity contribution in [2.45, 2.75) is 44.6 Å². The molecule has 21 heavy (non-hydrogen) atoms. The Bertz CT molecular complexity index is 410. The molecule has 2 rings (SSSR count). The first-order valence-electron chi connectivity index (χ1n) is 7.47. The molecular weight excluding hydrogens is 276 g/mol. The molecule has 0 aromatic heterocycles. The highest BCUT2D eigenvalue weighted by Gasteiger charge is 2.38. The van der Waals surface area contributed by atoms with Crippen molar-refractivity contribution in [3.63, 3.8) is 0 Å². The van der Waals surface area contributed by atoms with E-state index in [1.807, 2.05) is 0 Å². The first kappa shape index (κ1) is 15.8. The molecule has 1 saturated heterocycles. The van der Waals surface area contributed by atoms with Crippen LogP contribution in [0.4, 0.5) is 0 Å². The van der Waals surface area contributed by atoms with Crippen molar-refractivity contribution in [1.82, 2.24) is 9.96 Å². The number of carboxylic acids is 1. The molecule has 1 aliphatic heterocycles. The largest absolute Gasteiger partial charge is 0.480 e. The fourth-order valence-corrected chi connectivity index (χ4v) is 3.17. The fraction of sp³-hybridized carbons (Fsp3) is 0.786. The number of hydrogen-bond donors (Lipinski definition) is 2. The van der Waals surface area contributed by atoms with E-state index < -0.39 is 17.9 Å². The Kier molecular flexibility index (Phi) is 5.17. The maximum Gasteiger partial charge on any atom is 0.326 e. The summed E-state index contributed by atoms with van der Waals surface area (Å²) in [7, 11) is 0. The fourth-order valence-electron chi connectivity index (χ4n) is 3.17. The van der Waals surface area contributed by atoms with Gasteiger partial charge in [-0.2, -0.15) is 0 Å². The van der Waals surface area contributed by atoms with Gasteiger partial charge in [-0.3, -0.25) is 14.8 Å². The van der Waals surface area contributed by atoms with Crippen LogP contribution in [0.3, 0.4) is 0 Å². The number of carbonyl (C=O) groups is 3. The Morgan fingerprint density at radius 3 is 2.52 bits per heavy atom. The Morgan fingerprint density at radius 1 is 1.29 bits per heavy atom. The van der Waals surface area contributed by atoms with Gasteiger partial charge < -0.3 is 10.0 Å². The summed E-state index contributed by atoms with van der Waals surface area (Å²) in [4.78, 5) is 35.8. The van der Waals surface area contributed by atoms with Crippen LogP contribution in [-0.2, 0) is 14.4 Å². The summed E-state index contributed by atoms with van der Waals surface area (Å²) < 4.78 is 0. The van der Waals surface area contributed by atoms with Gasteiger partial charge in [-0.25, -0.2) is 9.86 Å². The highest BCUT2D eigenvalue weighted by Crippen LogP contribution is 2.33. The lowest BCUT2D eigenvalue weighted by Gasteiger charge is -2.33. The van der Waals surface area contributed by atoms with E-state index in [-0.39, 0.29) is 18.9 Å². The minimum atomic E-state index is -0.987. The molecular formula is C14H22N2O5. The van der Waals surface area contributed by atoms with Crippen LogP contribution in [0.5, 0.6) is 0 Å². The van der Waals surface area contributed by atoms with Crippen molar-refractivity contribution in [3.05, 3.63) is 0 Å². The van der Waals surface area contributed by atoms with Crippen molar-refractivity contribution in [2.24, 2.45) is 11.8 Å². The third-order valence-electron chi connectivity index (χ3n) is 4.54. The Morgan fingerprint density at radius 2 is 2.00 bits per heavy atom. The van der Waals surface area contributed by atoms with E-state index in [4.69, 9.17) is 0 Å². The summed E-state index contributed by atoms with van der Waals surface area (Å²) in [5.41, 5.74) is 0. The molecule has 2 fully saturated rings. The second-order valence-electron chi connectivity index (χ2n) is 5.98. The van der Waals surface area contributed by atoms with E-state index in [1.54, 1.807) is 0 Å². The number of rotatable bonds is 7. The normalized spacial score (nSPS) is 23.5. The molecule has 118 valence electrons. The van der Waals surface area contributed by atoms with Crippen LogP contribution in [0, 0.1) is 11.8 Å². The van der Waals surface area contributed by atoms with Crippen LogP contribution < -0.4 is 0 Å². The van der Waals surface area contributed by atoms with Crippen LogP contribution >= 0.6 is 0 Å². The summed E-state index contributed by atoms with van der Waals surface area (Å²) in [5, 5.41) is 19.0. The van der Waals surface area contributed by atoms with Crippen molar-refractivity contribution >= 4 is 18.3 Å². The minimum Gasteiger partial charge on any atom is -0.480 e. The molecule has 2 amide bonds. The molecule has 7 nitrogen and oxygen atoms in total. The van der Waals surface area contributed by atoms with Crippen molar-refractivity contribution in [2.75, 3.05) is 13.1 Å². The van der Waals surface area contributed by atoms with Gasteiger partial charge in [0.25, 0.3) is 0 Å². The first-order valence-corrected chi connectivity index (χ1v) is 7.47. The molecule has 1 saturated carbocycles. The molecule has 0 radical (unpaired) electrons. The molecule has 1 heterocycles. The zero-order valence-corrected chi connectivity index (χ0v) is 12.0. The first-order chi connectivity index (χ1) is 10.0. The van der Waals surface area contributed by atoms with Gasteiger partial charge >= 0.3 is 5.97 Å². The zero-order valence-electron chi connectivity index (χ0n) is 12.0. The third kappa shape index (κ3) is 3.72. The standard InChI is InChI=1S/C14H22N2O5/c17-9-15(21)8-11(7-10-3-1-4-10)13(18)16-6-2-5-12(16)14(19)20/h9-12,21H,1-8H2,(H,19,20). The number of hydroxylamine groups is 2. The highest BCUT2D eigenvalue weighted by molar-refractivity contribution is 5.86. The van der Waals surface area contributed by atoms with Gasteiger partial charge in [-0.05, 0) is 25.2 Å². The van der Waals surface area contributed by atoms with Crippen LogP contribution in [0.25, 0.3) is 0 Å². The summed E-state index contributed by atoms with van der Waals surface area (Å²) in [6.07, 6.45) is 5.27. The van der Waals surface area contributed by atoms with Crippen LogP contribution in [0.15, 0.2) is 0 Å². The zero-order chi connectivity index (χ0) is 15.4. The topological polar surface area (TPSA) is 98.2 Å². The van der Waals surface area contributed by atoms with Crippen LogP contribution in [0.2, 0.25) is 0 Å². The third-order valence-corrected chi connectivity index (χ3v) is 4.54. The average Bonchev–Trinajstić information content (AvgIpc) is 2.89. The number of nitrogens with zero attached hydrogens (tertiary/aromatic N) is 2. The van der Waals surface area contributed by atoms with Crippen LogP contribution in [0.1, 0.15) is 38.5 Å². The molecule has 2 unspecified atom stereocenters. The van der Waals surface area contributed by atoms with Crippen molar-refractivity contribution in [3.8, 4) is 0 Å². The number of hydrogen-bond acceptors (Lipinski definition) is 4. The molecule has 1 aliphatic carbocycles. The Balaban J connectivity index is 2.04. The SMILES string of the molecule is O=CN(O)CC(CC1CCC1)C(=O)N1CCCC1C(=O)O. The second kappa shape index (κ2) is 6.89. The molecule has 2 atom stereocenters. The summed E-state index contributed by atoms with van der Waals surface area (Å²) in [6.45, 7) is 0.366. The maximum atomic E-state index is 12.6. The van der Waals surface area contributed by atoms with Gasteiger partial charge in [-0.1, -0.05) is 19.3 Å². The Hall–Kier alpha value is -1.63. The monoisotopic (exact) mass is 298 g/mol. The van der Waals surface area contributed by atoms with E-state index in [1.165, 1.54) is 4.90 Å². The summed E-state index contributed by atoms with van der Waals surface area (Å²) in [6, 6.07) is -0.773. The molecule has 2 N–H and O–H groups in total. The average molecular weight is 298 g/mol. The molecule has 2 aliphatic rings. The maximum absolute atomic E-state index is 12.6. The number of amides is 2. The predicted molar refractivity (Wildman–Crippen MR) is 72.4 cm³/mol.